The maximum absolute atomic E-state index is 12.0. The Kier molecular flexibility index (Phi) is 5.26. The molecule has 0 atom stereocenters. The monoisotopic (exact) mass is 240 g/mol. The summed E-state index contributed by atoms with van der Waals surface area (Å²) >= 11 is 0. The van der Waals surface area contributed by atoms with Crippen LogP contribution >= 0.6 is 0 Å². The minimum absolute atomic E-state index is 0.0583. The molecule has 92 valence electrons. The highest BCUT2D eigenvalue weighted by atomic mass is 19.3. The molecule has 0 fully saturated rings. The number of rotatable bonds is 5. The van der Waals surface area contributed by atoms with Crippen LogP contribution in [0.25, 0.3) is 0 Å². The molecule has 0 aliphatic carbocycles. The lowest BCUT2D eigenvalue weighted by Gasteiger charge is -2.08. The number of hydrogen-bond donors (Lipinski definition) is 0. The Morgan fingerprint density at radius 3 is 2.47 bits per heavy atom. The number of alkyl halides is 2. The molecular formula is C12H14F2N2O. The number of hydrogen-bond acceptors (Lipinski definition) is 3. The van der Waals surface area contributed by atoms with Crippen molar-refractivity contribution in [2.75, 3.05) is 6.61 Å². The normalized spacial score (nSPS) is 11.6. The third-order valence-corrected chi connectivity index (χ3v) is 2.12. The van der Waals surface area contributed by atoms with Crippen molar-refractivity contribution >= 4 is 12.6 Å². The van der Waals surface area contributed by atoms with Crippen molar-refractivity contribution in [2.24, 2.45) is 10.2 Å². The zero-order valence-electron chi connectivity index (χ0n) is 9.57. The van der Waals surface area contributed by atoms with E-state index in [0.717, 1.165) is 12.0 Å². The average Bonchev–Trinajstić information content (AvgIpc) is 2.34. The van der Waals surface area contributed by atoms with E-state index >= 15 is 0 Å². The Morgan fingerprint density at radius 1 is 1.35 bits per heavy atom. The van der Waals surface area contributed by atoms with Crippen LogP contribution in [0.5, 0.6) is 0 Å². The molecular weight excluding hydrogens is 226 g/mol. The highest BCUT2D eigenvalue weighted by Crippen LogP contribution is 2.08. The Hall–Kier alpha value is -1.78. The van der Waals surface area contributed by atoms with Crippen LogP contribution in [0.1, 0.15) is 18.1 Å². The molecule has 0 saturated carbocycles. The van der Waals surface area contributed by atoms with Gasteiger partial charge in [-0.1, -0.05) is 19.1 Å². The van der Waals surface area contributed by atoms with Gasteiger partial charge in [-0.3, -0.25) is 0 Å². The summed E-state index contributed by atoms with van der Waals surface area (Å²) in [5.41, 5.74) is 1.75. The van der Waals surface area contributed by atoms with Crippen LogP contribution in [-0.4, -0.2) is 25.6 Å². The zero-order valence-corrected chi connectivity index (χ0v) is 9.57. The number of ether oxygens (including phenoxy) is 1. The Labute approximate surface area is 98.8 Å². The summed E-state index contributed by atoms with van der Waals surface area (Å²) in [6, 6.07) is 7.29. The third kappa shape index (κ3) is 4.30. The highest BCUT2D eigenvalue weighted by Gasteiger charge is 2.09. The van der Waals surface area contributed by atoms with Crippen molar-refractivity contribution in [2.45, 2.75) is 19.8 Å². The van der Waals surface area contributed by atoms with E-state index in [4.69, 9.17) is 4.74 Å². The molecule has 1 rings (SSSR count). The molecule has 0 aliphatic heterocycles. The molecule has 0 heterocycles. The second kappa shape index (κ2) is 6.73. The quantitative estimate of drug-likeness (QED) is 0.442. The highest BCUT2D eigenvalue weighted by molar-refractivity contribution is 5.94. The standard InChI is InChI=1S/C12H14F2N2O/c1-3-9-4-6-10(7-5-9)12(16-15-2)17-8-11(13)14/h4-7,11H,2-3,8H2,1H3/b16-12-. The van der Waals surface area contributed by atoms with Crippen molar-refractivity contribution in [3.05, 3.63) is 35.4 Å². The molecule has 17 heavy (non-hydrogen) atoms. The molecule has 0 spiro atoms. The van der Waals surface area contributed by atoms with E-state index in [1.807, 2.05) is 19.1 Å². The van der Waals surface area contributed by atoms with Crippen molar-refractivity contribution < 1.29 is 13.5 Å². The second-order valence-electron chi connectivity index (χ2n) is 3.30. The largest absolute Gasteiger partial charge is 0.470 e. The summed E-state index contributed by atoms with van der Waals surface area (Å²) in [6.45, 7) is 4.51. The molecule has 0 bridgehead atoms. The van der Waals surface area contributed by atoms with E-state index in [1.165, 1.54) is 0 Å². The first-order valence-corrected chi connectivity index (χ1v) is 5.21. The smallest absolute Gasteiger partial charge is 0.272 e. The van der Waals surface area contributed by atoms with Gasteiger partial charge in [0.2, 0.25) is 5.90 Å². The van der Waals surface area contributed by atoms with E-state index in [2.05, 4.69) is 16.9 Å². The van der Waals surface area contributed by atoms with Gasteiger partial charge in [-0.05, 0) is 24.1 Å². The summed E-state index contributed by atoms with van der Waals surface area (Å²) in [4.78, 5) is 0. The van der Waals surface area contributed by atoms with E-state index < -0.39 is 13.0 Å². The lowest BCUT2D eigenvalue weighted by Crippen LogP contribution is -2.12. The molecule has 5 heteroatoms. The Bertz CT molecular complexity index is 388. The average molecular weight is 240 g/mol. The summed E-state index contributed by atoms with van der Waals surface area (Å²) < 4.78 is 29.0. The van der Waals surface area contributed by atoms with E-state index in [1.54, 1.807) is 12.1 Å². The number of aryl methyl sites for hydroxylation is 1. The van der Waals surface area contributed by atoms with Gasteiger partial charge in [0.15, 0.2) is 6.61 Å². The fourth-order valence-electron chi connectivity index (χ4n) is 1.26. The van der Waals surface area contributed by atoms with Gasteiger partial charge in [0.05, 0.1) is 0 Å². The molecule has 0 N–H and O–H groups in total. The summed E-state index contributed by atoms with van der Waals surface area (Å²) in [7, 11) is 0. The first-order chi connectivity index (χ1) is 8.17. The first-order valence-electron chi connectivity index (χ1n) is 5.21. The van der Waals surface area contributed by atoms with Crippen LogP contribution in [0.2, 0.25) is 0 Å². The van der Waals surface area contributed by atoms with Gasteiger partial charge in [0.1, 0.15) is 0 Å². The topological polar surface area (TPSA) is 34.0 Å². The van der Waals surface area contributed by atoms with E-state index in [0.29, 0.717) is 5.56 Å². The SMILES string of the molecule is C=N/N=C(\OCC(F)F)c1ccc(CC)cc1. The fraction of sp³-hybridized carbons (Fsp3) is 0.333. The van der Waals surface area contributed by atoms with Crippen LogP contribution in [0, 0.1) is 0 Å². The van der Waals surface area contributed by atoms with Crippen molar-refractivity contribution in [3.8, 4) is 0 Å². The van der Waals surface area contributed by atoms with Crippen LogP contribution < -0.4 is 0 Å². The fourth-order valence-corrected chi connectivity index (χ4v) is 1.26. The van der Waals surface area contributed by atoms with Crippen molar-refractivity contribution in [1.29, 1.82) is 0 Å². The summed E-state index contributed by atoms with van der Waals surface area (Å²) in [6.07, 6.45) is -1.63. The third-order valence-electron chi connectivity index (χ3n) is 2.12. The predicted octanol–water partition coefficient (Wildman–Crippen LogP) is 2.89. The van der Waals surface area contributed by atoms with Crippen molar-refractivity contribution in [3.63, 3.8) is 0 Å². The maximum Gasteiger partial charge on any atom is 0.272 e. The minimum Gasteiger partial charge on any atom is -0.470 e. The number of halogens is 2. The molecule has 0 aliphatic rings. The van der Waals surface area contributed by atoms with Crippen LogP contribution in [0.3, 0.4) is 0 Å². The summed E-state index contributed by atoms with van der Waals surface area (Å²) in [5, 5.41) is 6.90. The van der Waals surface area contributed by atoms with Gasteiger partial charge in [-0.15, -0.1) is 5.10 Å². The lowest BCUT2D eigenvalue weighted by atomic mass is 10.1. The van der Waals surface area contributed by atoms with Gasteiger partial charge in [-0.2, -0.15) is 5.10 Å². The molecule has 1 aromatic rings. The lowest BCUT2D eigenvalue weighted by molar-refractivity contribution is 0.0765. The van der Waals surface area contributed by atoms with Gasteiger partial charge >= 0.3 is 0 Å². The van der Waals surface area contributed by atoms with Gasteiger partial charge in [-0.25, -0.2) is 8.78 Å². The Balaban J connectivity index is 2.82. The van der Waals surface area contributed by atoms with Crippen LogP contribution in [-0.2, 0) is 11.2 Å². The summed E-state index contributed by atoms with van der Waals surface area (Å²) in [5.74, 6) is 0.0583. The van der Waals surface area contributed by atoms with Crippen LogP contribution in [0.15, 0.2) is 34.5 Å². The predicted molar refractivity (Wildman–Crippen MR) is 63.9 cm³/mol. The molecule has 0 radical (unpaired) electrons. The van der Waals surface area contributed by atoms with E-state index in [9.17, 15) is 8.78 Å². The molecule has 0 saturated heterocycles. The Morgan fingerprint density at radius 2 is 2.00 bits per heavy atom. The van der Waals surface area contributed by atoms with Gasteiger partial charge in [0, 0.05) is 12.3 Å². The second-order valence-corrected chi connectivity index (χ2v) is 3.30. The number of benzene rings is 1. The number of nitrogens with zero attached hydrogens (tertiary/aromatic N) is 2. The van der Waals surface area contributed by atoms with Gasteiger partial charge in [0.25, 0.3) is 6.43 Å². The van der Waals surface area contributed by atoms with Crippen molar-refractivity contribution in [1.82, 2.24) is 0 Å². The molecule has 0 amide bonds. The molecule has 1 aromatic carbocycles. The molecule has 3 nitrogen and oxygen atoms in total. The minimum atomic E-state index is -2.54. The zero-order chi connectivity index (χ0) is 12.7. The first kappa shape index (κ1) is 13.3. The van der Waals surface area contributed by atoms with E-state index in [-0.39, 0.29) is 5.90 Å². The van der Waals surface area contributed by atoms with Gasteiger partial charge < -0.3 is 4.74 Å². The molecule has 0 unspecified atom stereocenters. The maximum atomic E-state index is 12.0. The molecule has 0 aromatic heterocycles. The van der Waals surface area contributed by atoms with Crippen LogP contribution in [0.4, 0.5) is 8.78 Å².